The molecule has 0 aliphatic rings. The highest BCUT2D eigenvalue weighted by Gasteiger charge is 1.92. The van der Waals surface area contributed by atoms with E-state index < -0.39 is 0 Å². The largest absolute Gasteiger partial charge is 0.538 e. The summed E-state index contributed by atoms with van der Waals surface area (Å²) in [5.74, 6) is 0.475. The summed E-state index contributed by atoms with van der Waals surface area (Å²) >= 11 is 0. The van der Waals surface area contributed by atoms with Gasteiger partial charge in [-0.05, 0) is 0 Å². The van der Waals surface area contributed by atoms with Gasteiger partial charge in [0.25, 0.3) is 0 Å². The van der Waals surface area contributed by atoms with Gasteiger partial charge in [0.05, 0.1) is 18.1 Å². The molecule has 10 heavy (non-hydrogen) atoms. The molecule has 1 aromatic rings. The average Bonchev–Trinajstić information content (AvgIpc) is 1.88. The van der Waals surface area contributed by atoms with E-state index in [1.54, 1.807) is 6.07 Å². The van der Waals surface area contributed by atoms with Crippen LogP contribution in [0.2, 0.25) is 0 Å². The molecular weight excluding hydrogens is 131 g/mol. The lowest BCUT2D eigenvalue weighted by Crippen LogP contribution is -2.00. The number of nitrogens with zero attached hydrogens (tertiary/aromatic N) is 1. The van der Waals surface area contributed by atoms with Gasteiger partial charge >= 0.3 is 7.69 Å². The number of pyridine rings is 1. The zero-order chi connectivity index (χ0) is 7.40. The molecule has 1 aromatic heterocycles. The van der Waals surface area contributed by atoms with Crippen LogP contribution in [0.15, 0.2) is 18.5 Å². The molecule has 1 heterocycles. The second-order valence-electron chi connectivity index (χ2n) is 1.73. The van der Waals surface area contributed by atoms with Crippen molar-refractivity contribution in [2.75, 3.05) is 5.73 Å². The molecule has 0 aromatic carbocycles. The van der Waals surface area contributed by atoms with Gasteiger partial charge in [0.1, 0.15) is 5.75 Å². The second kappa shape index (κ2) is 3.07. The fourth-order valence-corrected chi connectivity index (χ4v) is 0.589. The highest BCUT2D eigenvalue weighted by molar-refractivity contribution is 6.17. The van der Waals surface area contributed by atoms with E-state index in [0.29, 0.717) is 11.4 Å². The Morgan fingerprint density at radius 1 is 1.60 bits per heavy atom. The predicted octanol–water partition coefficient (Wildman–Crippen LogP) is -0.699. The Hall–Kier alpha value is -1.23. The van der Waals surface area contributed by atoms with Crippen LogP contribution >= 0.6 is 0 Å². The molecule has 3 N–H and O–H groups in total. The Kier molecular flexibility index (Phi) is 2.12. The molecule has 0 aliphatic carbocycles. The first-order chi connectivity index (χ1) is 4.83. The van der Waals surface area contributed by atoms with E-state index in [9.17, 15) is 0 Å². The summed E-state index contributed by atoms with van der Waals surface area (Å²) in [7, 11) is -0.356. The maximum absolute atomic E-state index is 8.32. The molecule has 0 radical (unpaired) electrons. The highest BCUT2D eigenvalue weighted by atomic mass is 16.5. The predicted molar refractivity (Wildman–Crippen MR) is 38.6 cm³/mol. The van der Waals surface area contributed by atoms with Gasteiger partial charge in [-0.3, -0.25) is 4.98 Å². The quantitative estimate of drug-likeness (QED) is 0.530. The summed E-state index contributed by atoms with van der Waals surface area (Å²) in [5, 5.41) is 8.32. The number of nitrogen functional groups attached to an aromatic ring is 1. The van der Waals surface area contributed by atoms with Crippen LogP contribution in [0.1, 0.15) is 0 Å². The fourth-order valence-electron chi connectivity index (χ4n) is 0.589. The van der Waals surface area contributed by atoms with E-state index in [4.69, 9.17) is 15.4 Å². The molecule has 0 bridgehead atoms. The van der Waals surface area contributed by atoms with Gasteiger partial charge in [-0.2, -0.15) is 0 Å². The van der Waals surface area contributed by atoms with Crippen molar-refractivity contribution in [3.63, 3.8) is 0 Å². The van der Waals surface area contributed by atoms with Crippen molar-refractivity contribution in [1.82, 2.24) is 4.98 Å². The van der Waals surface area contributed by atoms with E-state index in [2.05, 4.69) is 4.98 Å². The minimum atomic E-state index is -0.356. The van der Waals surface area contributed by atoms with Crippen LogP contribution < -0.4 is 10.4 Å². The fraction of sp³-hybridized carbons (Fsp3) is 0. The van der Waals surface area contributed by atoms with Crippen molar-refractivity contribution in [2.45, 2.75) is 0 Å². The second-order valence-corrected chi connectivity index (χ2v) is 1.73. The van der Waals surface area contributed by atoms with E-state index in [1.165, 1.54) is 12.4 Å². The van der Waals surface area contributed by atoms with Crippen molar-refractivity contribution < 1.29 is 9.68 Å². The maximum Gasteiger partial charge on any atom is 0.504 e. The topological polar surface area (TPSA) is 68.4 Å². The Balaban J connectivity index is 2.75. The summed E-state index contributed by atoms with van der Waals surface area (Å²) in [5.41, 5.74) is 5.88. The molecule has 0 atom stereocenters. The van der Waals surface area contributed by atoms with Crippen LogP contribution in [-0.2, 0) is 0 Å². The van der Waals surface area contributed by atoms with Gasteiger partial charge in [0, 0.05) is 6.07 Å². The number of rotatable bonds is 2. The average molecular weight is 138 g/mol. The standard InChI is InChI=1S/C5H7BN2O2/c7-4-1-5(10-6-9)3-8-2-4/h1-3,6,9H,7H2. The number of nitrogens with two attached hydrogens (primary N) is 1. The number of hydrogen-bond acceptors (Lipinski definition) is 4. The normalized spacial score (nSPS) is 8.90. The molecule has 0 saturated heterocycles. The molecule has 0 amide bonds. The Labute approximate surface area is 59.0 Å². The van der Waals surface area contributed by atoms with Crippen LogP contribution in [0, 0.1) is 0 Å². The monoisotopic (exact) mass is 138 g/mol. The molecule has 0 fully saturated rings. The first kappa shape index (κ1) is 6.89. The van der Waals surface area contributed by atoms with Crippen LogP contribution in [0.25, 0.3) is 0 Å². The SMILES string of the molecule is Nc1cncc(OBO)c1. The number of hydrogen-bond donors (Lipinski definition) is 2. The summed E-state index contributed by atoms with van der Waals surface area (Å²) in [6, 6.07) is 1.59. The Morgan fingerprint density at radius 3 is 3.00 bits per heavy atom. The molecule has 0 spiro atoms. The lowest BCUT2D eigenvalue weighted by atomic mass is 10.3. The third-order valence-electron chi connectivity index (χ3n) is 0.966. The third kappa shape index (κ3) is 1.63. The van der Waals surface area contributed by atoms with Crippen molar-refractivity contribution in [3.8, 4) is 5.75 Å². The summed E-state index contributed by atoms with van der Waals surface area (Å²) in [4.78, 5) is 3.74. The van der Waals surface area contributed by atoms with Crippen molar-refractivity contribution in [3.05, 3.63) is 18.5 Å². The number of anilines is 1. The summed E-state index contributed by atoms with van der Waals surface area (Å²) < 4.78 is 4.70. The molecule has 0 unspecified atom stereocenters. The summed E-state index contributed by atoms with van der Waals surface area (Å²) in [6.45, 7) is 0. The smallest absolute Gasteiger partial charge is 0.504 e. The molecule has 4 nitrogen and oxygen atoms in total. The Morgan fingerprint density at radius 2 is 2.40 bits per heavy atom. The van der Waals surface area contributed by atoms with Gasteiger partial charge in [-0.1, -0.05) is 0 Å². The van der Waals surface area contributed by atoms with Gasteiger partial charge in [-0.15, -0.1) is 0 Å². The third-order valence-corrected chi connectivity index (χ3v) is 0.966. The first-order valence-corrected chi connectivity index (χ1v) is 2.77. The highest BCUT2D eigenvalue weighted by Crippen LogP contribution is 2.10. The number of aromatic nitrogens is 1. The van der Waals surface area contributed by atoms with E-state index in [1.807, 2.05) is 0 Å². The maximum atomic E-state index is 8.32. The van der Waals surface area contributed by atoms with Crippen molar-refractivity contribution in [1.29, 1.82) is 0 Å². The van der Waals surface area contributed by atoms with Crippen molar-refractivity contribution in [2.24, 2.45) is 0 Å². The minimum Gasteiger partial charge on any atom is -0.538 e. The lowest BCUT2D eigenvalue weighted by Gasteiger charge is -1.99. The van der Waals surface area contributed by atoms with Gasteiger partial charge in [0.15, 0.2) is 0 Å². The minimum absolute atomic E-state index is 0.356. The first-order valence-electron chi connectivity index (χ1n) is 2.77. The Bertz CT molecular complexity index is 219. The zero-order valence-corrected chi connectivity index (χ0v) is 5.32. The molecule has 0 saturated carbocycles. The molecule has 5 heteroatoms. The molecular formula is C5H7BN2O2. The van der Waals surface area contributed by atoms with Crippen LogP contribution in [0.4, 0.5) is 5.69 Å². The zero-order valence-electron chi connectivity index (χ0n) is 5.32. The van der Waals surface area contributed by atoms with Crippen LogP contribution in [0.3, 0.4) is 0 Å². The van der Waals surface area contributed by atoms with Crippen LogP contribution in [-0.4, -0.2) is 17.7 Å². The van der Waals surface area contributed by atoms with Crippen LogP contribution in [0.5, 0.6) is 5.75 Å². The molecule has 1 rings (SSSR count). The van der Waals surface area contributed by atoms with Crippen molar-refractivity contribution >= 4 is 13.4 Å². The van der Waals surface area contributed by atoms with E-state index >= 15 is 0 Å². The van der Waals surface area contributed by atoms with E-state index in [-0.39, 0.29) is 7.69 Å². The molecule has 0 aliphatic heterocycles. The molecule has 52 valence electrons. The van der Waals surface area contributed by atoms with E-state index in [0.717, 1.165) is 0 Å². The summed E-state index contributed by atoms with van der Waals surface area (Å²) in [6.07, 6.45) is 2.98. The van der Waals surface area contributed by atoms with Gasteiger partial charge in [-0.25, -0.2) is 0 Å². The van der Waals surface area contributed by atoms with Gasteiger partial charge < -0.3 is 15.4 Å². The van der Waals surface area contributed by atoms with Gasteiger partial charge in [0.2, 0.25) is 0 Å². The lowest BCUT2D eigenvalue weighted by molar-refractivity contribution is 0.453.